The van der Waals surface area contributed by atoms with Crippen LogP contribution in [0.4, 0.5) is 0 Å². The van der Waals surface area contributed by atoms with E-state index in [4.69, 9.17) is 37.0 Å². The first kappa shape index (κ1) is 86.1. The second-order valence-electron chi connectivity index (χ2n) is 26.4. The molecule has 19 heteroatoms. The highest BCUT2D eigenvalue weighted by Crippen LogP contribution is 2.45. The zero-order valence-electron chi connectivity index (χ0n) is 57.3. The molecule has 0 amide bonds. The Kier molecular flexibility index (Phi) is 57.6. The number of aliphatic hydroxyl groups excluding tert-OH is 1. The van der Waals surface area contributed by atoms with Crippen molar-refractivity contribution in [3.05, 3.63) is 0 Å². The van der Waals surface area contributed by atoms with Gasteiger partial charge in [-0.25, -0.2) is 9.13 Å². The molecule has 0 saturated heterocycles. The largest absolute Gasteiger partial charge is 0.472 e. The Hall–Kier alpha value is -1.94. The molecule has 0 fully saturated rings. The van der Waals surface area contributed by atoms with Gasteiger partial charge in [-0.15, -0.1) is 0 Å². The molecule has 0 aliphatic heterocycles. The van der Waals surface area contributed by atoms with Gasteiger partial charge in [0, 0.05) is 25.7 Å². The Morgan fingerprint density at radius 2 is 0.545 bits per heavy atom. The van der Waals surface area contributed by atoms with Crippen LogP contribution in [-0.2, 0) is 65.4 Å². The lowest BCUT2D eigenvalue weighted by molar-refractivity contribution is -0.161. The molecule has 0 rings (SSSR count). The number of hydrogen-bond donors (Lipinski definition) is 3. The van der Waals surface area contributed by atoms with E-state index in [-0.39, 0.29) is 25.7 Å². The van der Waals surface area contributed by atoms with Crippen LogP contribution < -0.4 is 0 Å². The lowest BCUT2D eigenvalue weighted by atomic mass is 9.99. The predicted molar refractivity (Wildman–Crippen MR) is 354 cm³/mol. The van der Waals surface area contributed by atoms with Crippen molar-refractivity contribution >= 4 is 39.5 Å². The minimum Gasteiger partial charge on any atom is -0.462 e. The summed E-state index contributed by atoms with van der Waals surface area (Å²) >= 11 is 0. The van der Waals surface area contributed by atoms with Crippen LogP contribution in [0.3, 0.4) is 0 Å². The molecule has 5 unspecified atom stereocenters. The van der Waals surface area contributed by atoms with Crippen LogP contribution >= 0.6 is 15.6 Å². The maximum Gasteiger partial charge on any atom is 0.472 e. The van der Waals surface area contributed by atoms with Crippen molar-refractivity contribution in [3.8, 4) is 0 Å². The zero-order valence-corrected chi connectivity index (χ0v) is 59.1. The fraction of sp³-hybridized carbons (Fsp3) is 0.942. The fourth-order valence-electron chi connectivity index (χ4n) is 10.2. The van der Waals surface area contributed by atoms with Crippen LogP contribution in [0.1, 0.15) is 338 Å². The number of esters is 4. The lowest BCUT2D eigenvalue weighted by Gasteiger charge is -2.21. The summed E-state index contributed by atoms with van der Waals surface area (Å²) in [6, 6.07) is 0. The highest BCUT2D eigenvalue weighted by molar-refractivity contribution is 7.47. The third-order valence-corrected chi connectivity index (χ3v) is 18.4. The van der Waals surface area contributed by atoms with Crippen LogP contribution in [0.15, 0.2) is 0 Å². The van der Waals surface area contributed by atoms with Crippen LogP contribution in [-0.4, -0.2) is 96.7 Å². The first-order chi connectivity index (χ1) is 42.2. The first-order valence-corrected chi connectivity index (χ1v) is 38.8. The molecule has 522 valence electrons. The molecule has 17 nitrogen and oxygen atoms in total. The van der Waals surface area contributed by atoms with Crippen molar-refractivity contribution in [3.63, 3.8) is 0 Å². The van der Waals surface area contributed by atoms with Gasteiger partial charge in [-0.1, -0.05) is 287 Å². The predicted octanol–water partition coefficient (Wildman–Crippen LogP) is 19.3. The van der Waals surface area contributed by atoms with E-state index in [9.17, 15) is 43.2 Å². The van der Waals surface area contributed by atoms with Gasteiger partial charge in [0.15, 0.2) is 12.2 Å². The Balaban J connectivity index is 5.27. The summed E-state index contributed by atoms with van der Waals surface area (Å²) in [6.45, 7) is 14.1. The highest BCUT2D eigenvalue weighted by Gasteiger charge is 2.30. The summed E-state index contributed by atoms with van der Waals surface area (Å²) in [6.07, 6.45) is 40.2. The van der Waals surface area contributed by atoms with Crippen molar-refractivity contribution in [1.82, 2.24) is 0 Å². The average molecular weight is 1300 g/mol. The topological polar surface area (TPSA) is 237 Å². The van der Waals surface area contributed by atoms with Gasteiger partial charge >= 0.3 is 39.5 Å². The molecule has 0 aromatic carbocycles. The summed E-state index contributed by atoms with van der Waals surface area (Å²) in [5.41, 5.74) is 0. The second-order valence-corrected chi connectivity index (χ2v) is 29.3. The lowest BCUT2D eigenvalue weighted by Crippen LogP contribution is -2.30. The SMILES string of the molecule is CCC(C)CCCCCCCCCCCCC(=O)OC[C@H](COP(=O)(O)OCC(O)COP(=O)(O)OC[C@@H](COC(=O)CCCCCCCCCC(C)C)OC(=O)CCCCCCCCCCC(C)CC)OC(=O)CCCCCCCCCCCC(C)C. The molecule has 0 aromatic heterocycles. The van der Waals surface area contributed by atoms with E-state index in [1.165, 1.54) is 135 Å². The summed E-state index contributed by atoms with van der Waals surface area (Å²) in [5, 5.41) is 10.6. The number of carbonyl (C=O) groups is 4. The second kappa shape index (κ2) is 58.8. The minimum absolute atomic E-state index is 0.104. The van der Waals surface area contributed by atoms with E-state index >= 15 is 0 Å². The molecule has 3 N–H and O–H groups in total. The number of phosphoric ester groups is 2. The molecular formula is C69H134O17P2. The molecule has 0 bridgehead atoms. The van der Waals surface area contributed by atoms with Crippen molar-refractivity contribution in [2.75, 3.05) is 39.6 Å². The molecule has 0 aliphatic rings. The van der Waals surface area contributed by atoms with Gasteiger partial charge in [0.1, 0.15) is 19.3 Å². The summed E-state index contributed by atoms with van der Waals surface area (Å²) < 4.78 is 68.2. The molecular weight excluding hydrogens is 1160 g/mol. The van der Waals surface area contributed by atoms with Gasteiger partial charge in [-0.3, -0.25) is 37.3 Å². The number of ether oxygens (including phenoxy) is 4. The first-order valence-electron chi connectivity index (χ1n) is 35.8. The van der Waals surface area contributed by atoms with E-state index in [2.05, 4.69) is 55.4 Å². The average Bonchev–Trinajstić information content (AvgIpc) is 3.71. The number of aliphatic hydroxyl groups is 1. The molecule has 0 aliphatic carbocycles. The zero-order chi connectivity index (χ0) is 65.4. The van der Waals surface area contributed by atoms with E-state index in [0.29, 0.717) is 31.6 Å². The Morgan fingerprint density at radius 1 is 0.318 bits per heavy atom. The molecule has 0 saturated carbocycles. The van der Waals surface area contributed by atoms with Gasteiger partial charge < -0.3 is 33.8 Å². The summed E-state index contributed by atoms with van der Waals surface area (Å²) in [5.74, 6) is 0.888. The monoisotopic (exact) mass is 1300 g/mol. The van der Waals surface area contributed by atoms with Crippen LogP contribution in [0.2, 0.25) is 0 Å². The van der Waals surface area contributed by atoms with Crippen LogP contribution in [0.25, 0.3) is 0 Å². The molecule has 0 aromatic rings. The third-order valence-electron chi connectivity index (χ3n) is 16.5. The van der Waals surface area contributed by atoms with Crippen molar-refractivity contribution in [1.29, 1.82) is 0 Å². The quantitative estimate of drug-likeness (QED) is 0.0222. The van der Waals surface area contributed by atoms with Gasteiger partial charge in [0.05, 0.1) is 26.4 Å². The number of carbonyl (C=O) groups excluding carboxylic acids is 4. The van der Waals surface area contributed by atoms with Crippen LogP contribution in [0.5, 0.6) is 0 Å². The van der Waals surface area contributed by atoms with Gasteiger partial charge in [0.2, 0.25) is 0 Å². The summed E-state index contributed by atoms with van der Waals surface area (Å²) in [4.78, 5) is 72.5. The molecule has 88 heavy (non-hydrogen) atoms. The normalized spacial score (nSPS) is 14.9. The standard InChI is InChI=1S/C69H134O17P2/c1-9-61(7)47-39-31-23-15-11-12-16-25-33-41-49-66(71)79-55-64(85-68(73)51-43-35-26-17-13-14-21-29-37-45-59(3)4)57-83-87(75,76)81-53-63(70)54-82-88(77,78)84-58-65(56-80-67(72)50-42-34-28-20-22-30-38-46-60(5)6)86-69(74)52-44-36-27-19-18-24-32-40-48-62(8)10-2/h59-65,70H,9-58H2,1-8H3,(H,75,76)(H,77,78)/t61?,62?,63?,64-,65-/m1/s1. The van der Waals surface area contributed by atoms with Crippen LogP contribution in [0, 0.1) is 23.7 Å². The van der Waals surface area contributed by atoms with Gasteiger partial charge in [-0.2, -0.15) is 0 Å². The van der Waals surface area contributed by atoms with E-state index in [1.807, 2.05) is 0 Å². The molecule has 0 spiro atoms. The van der Waals surface area contributed by atoms with E-state index in [1.54, 1.807) is 0 Å². The van der Waals surface area contributed by atoms with Crippen molar-refractivity contribution < 1.29 is 80.2 Å². The van der Waals surface area contributed by atoms with E-state index in [0.717, 1.165) is 114 Å². The molecule has 7 atom stereocenters. The fourth-order valence-corrected chi connectivity index (χ4v) is 11.8. The smallest absolute Gasteiger partial charge is 0.462 e. The Morgan fingerprint density at radius 3 is 0.807 bits per heavy atom. The summed E-state index contributed by atoms with van der Waals surface area (Å²) in [7, 11) is -9.90. The van der Waals surface area contributed by atoms with Gasteiger partial charge in [-0.05, 0) is 49.4 Å². The number of unbranched alkanes of at least 4 members (excludes halogenated alkanes) is 30. The van der Waals surface area contributed by atoms with E-state index < -0.39 is 97.5 Å². The minimum atomic E-state index is -4.95. The maximum absolute atomic E-state index is 13.0. The molecule has 0 heterocycles. The Bertz CT molecular complexity index is 1750. The number of rotatable bonds is 66. The number of hydrogen-bond acceptors (Lipinski definition) is 15. The van der Waals surface area contributed by atoms with Crippen molar-refractivity contribution in [2.24, 2.45) is 23.7 Å². The maximum atomic E-state index is 13.0. The highest BCUT2D eigenvalue weighted by atomic mass is 31.2. The van der Waals surface area contributed by atoms with Crippen molar-refractivity contribution in [2.45, 2.75) is 356 Å². The number of phosphoric acid groups is 2. The Labute approximate surface area is 537 Å². The third kappa shape index (κ3) is 60.3. The molecule has 0 radical (unpaired) electrons. The van der Waals surface area contributed by atoms with Gasteiger partial charge in [0.25, 0.3) is 0 Å².